The molecule has 0 bridgehead atoms. The molecule has 2 atom stereocenters. The van der Waals surface area contributed by atoms with Crippen molar-refractivity contribution in [3.63, 3.8) is 0 Å². The fourth-order valence-electron chi connectivity index (χ4n) is 1.48. The van der Waals surface area contributed by atoms with Gasteiger partial charge in [0.15, 0.2) is 0 Å². The van der Waals surface area contributed by atoms with Gasteiger partial charge in [0.1, 0.15) is 0 Å². The van der Waals surface area contributed by atoms with E-state index < -0.39 is 0 Å². The molecule has 1 aromatic rings. The van der Waals surface area contributed by atoms with Gasteiger partial charge < -0.3 is 5.73 Å². The van der Waals surface area contributed by atoms with Gasteiger partial charge in [-0.15, -0.1) is 11.8 Å². The standard InChI is InChI=1S/C14H22BrNS/c1-9(2)11(4)17-14-6-5-12(7-10(3)16)8-13(14)15/h5-6,8-11H,7,16H2,1-4H3. The van der Waals surface area contributed by atoms with Crippen molar-refractivity contribution >= 4 is 27.7 Å². The topological polar surface area (TPSA) is 26.0 Å². The number of nitrogens with two attached hydrogens (primary N) is 1. The van der Waals surface area contributed by atoms with Crippen LogP contribution in [0.25, 0.3) is 0 Å². The summed E-state index contributed by atoms with van der Waals surface area (Å²) in [5.41, 5.74) is 7.11. The molecule has 0 saturated carbocycles. The Morgan fingerprint density at radius 2 is 1.88 bits per heavy atom. The van der Waals surface area contributed by atoms with Gasteiger partial charge in [-0.25, -0.2) is 0 Å². The zero-order chi connectivity index (χ0) is 13.0. The summed E-state index contributed by atoms with van der Waals surface area (Å²) in [6.07, 6.45) is 0.934. The molecule has 3 heteroatoms. The average molecular weight is 316 g/mol. The quantitative estimate of drug-likeness (QED) is 0.811. The maximum absolute atomic E-state index is 5.81. The molecule has 2 N–H and O–H groups in total. The van der Waals surface area contributed by atoms with Crippen LogP contribution in [0, 0.1) is 5.92 Å². The predicted molar refractivity (Wildman–Crippen MR) is 81.7 cm³/mol. The molecular formula is C14H22BrNS. The van der Waals surface area contributed by atoms with E-state index in [1.54, 1.807) is 0 Å². The molecule has 1 nitrogen and oxygen atoms in total. The maximum Gasteiger partial charge on any atom is 0.0314 e. The van der Waals surface area contributed by atoms with Crippen molar-refractivity contribution in [3.8, 4) is 0 Å². The first-order valence-electron chi connectivity index (χ1n) is 6.10. The lowest BCUT2D eigenvalue weighted by molar-refractivity contribution is 0.642. The Kier molecular flexibility index (Phi) is 6.04. The second-order valence-corrected chi connectivity index (χ2v) is 7.29. The molecule has 0 aromatic heterocycles. The largest absolute Gasteiger partial charge is 0.328 e. The van der Waals surface area contributed by atoms with Gasteiger partial charge in [-0.2, -0.15) is 0 Å². The fourth-order valence-corrected chi connectivity index (χ4v) is 3.17. The van der Waals surface area contributed by atoms with Crippen molar-refractivity contribution in [2.24, 2.45) is 11.7 Å². The zero-order valence-corrected chi connectivity index (χ0v) is 13.4. The van der Waals surface area contributed by atoms with E-state index >= 15 is 0 Å². The minimum atomic E-state index is 0.218. The summed E-state index contributed by atoms with van der Waals surface area (Å²) in [7, 11) is 0. The van der Waals surface area contributed by atoms with E-state index in [2.05, 4.69) is 54.9 Å². The van der Waals surface area contributed by atoms with Gasteiger partial charge in [0.05, 0.1) is 0 Å². The first-order chi connectivity index (χ1) is 7.90. The lowest BCUT2D eigenvalue weighted by Gasteiger charge is -2.16. The highest BCUT2D eigenvalue weighted by molar-refractivity contribution is 9.10. The van der Waals surface area contributed by atoms with Crippen molar-refractivity contribution in [1.29, 1.82) is 0 Å². The molecule has 96 valence electrons. The lowest BCUT2D eigenvalue weighted by Crippen LogP contribution is -2.17. The third-order valence-corrected chi connectivity index (χ3v) is 5.25. The van der Waals surface area contributed by atoms with Gasteiger partial charge in [0.2, 0.25) is 0 Å². The molecule has 0 spiro atoms. The van der Waals surface area contributed by atoms with E-state index in [0.29, 0.717) is 11.2 Å². The van der Waals surface area contributed by atoms with E-state index in [1.165, 1.54) is 14.9 Å². The number of hydrogen-bond donors (Lipinski definition) is 1. The maximum atomic E-state index is 5.81. The van der Waals surface area contributed by atoms with E-state index in [-0.39, 0.29) is 6.04 Å². The molecule has 0 aliphatic rings. The third kappa shape index (κ3) is 5.02. The summed E-state index contributed by atoms with van der Waals surface area (Å²) >= 11 is 5.58. The average Bonchev–Trinajstić information content (AvgIpc) is 2.20. The van der Waals surface area contributed by atoms with Crippen molar-refractivity contribution in [2.75, 3.05) is 0 Å². The van der Waals surface area contributed by atoms with E-state index in [0.717, 1.165) is 6.42 Å². The van der Waals surface area contributed by atoms with Crippen LogP contribution in [0.15, 0.2) is 27.6 Å². The summed E-state index contributed by atoms with van der Waals surface area (Å²) in [4.78, 5) is 1.32. The van der Waals surface area contributed by atoms with Gasteiger partial charge in [0, 0.05) is 20.7 Å². The predicted octanol–water partition coefficient (Wildman–Crippen LogP) is 4.48. The molecule has 1 rings (SSSR count). The second-order valence-electron chi connectivity index (χ2n) is 5.01. The molecule has 2 unspecified atom stereocenters. The van der Waals surface area contributed by atoms with Gasteiger partial charge in [-0.3, -0.25) is 0 Å². The van der Waals surface area contributed by atoms with Crippen LogP contribution in [-0.2, 0) is 6.42 Å². The Bertz CT molecular complexity index is 363. The highest BCUT2D eigenvalue weighted by Gasteiger charge is 2.11. The highest BCUT2D eigenvalue weighted by atomic mass is 79.9. The van der Waals surface area contributed by atoms with Crippen molar-refractivity contribution in [2.45, 2.75) is 50.3 Å². The number of benzene rings is 1. The summed E-state index contributed by atoms with van der Waals surface area (Å²) in [5.74, 6) is 0.690. The van der Waals surface area contributed by atoms with Crippen LogP contribution in [0.2, 0.25) is 0 Å². The molecule has 0 amide bonds. The molecule has 0 radical (unpaired) electrons. The minimum absolute atomic E-state index is 0.218. The molecular weight excluding hydrogens is 294 g/mol. The summed E-state index contributed by atoms with van der Waals surface area (Å²) in [6.45, 7) is 8.83. The van der Waals surface area contributed by atoms with Gasteiger partial charge in [0.25, 0.3) is 0 Å². The fraction of sp³-hybridized carbons (Fsp3) is 0.571. The first-order valence-corrected chi connectivity index (χ1v) is 7.78. The molecule has 0 heterocycles. The van der Waals surface area contributed by atoms with Crippen LogP contribution in [0.4, 0.5) is 0 Å². The summed E-state index contributed by atoms with van der Waals surface area (Å²) in [5, 5.41) is 0.630. The molecule has 0 fully saturated rings. The molecule has 17 heavy (non-hydrogen) atoms. The molecule has 1 aromatic carbocycles. The Hall–Kier alpha value is 0.01000. The number of halogens is 1. The Morgan fingerprint density at radius 3 is 2.35 bits per heavy atom. The second kappa shape index (κ2) is 6.81. The molecule has 0 aliphatic carbocycles. The summed E-state index contributed by atoms with van der Waals surface area (Å²) < 4.78 is 1.19. The zero-order valence-electron chi connectivity index (χ0n) is 11.0. The van der Waals surface area contributed by atoms with E-state index in [4.69, 9.17) is 5.73 Å². The van der Waals surface area contributed by atoms with E-state index in [1.807, 2.05) is 18.7 Å². The van der Waals surface area contributed by atoms with Gasteiger partial charge in [-0.05, 0) is 52.9 Å². The number of thioether (sulfide) groups is 1. The van der Waals surface area contributed by atoms with Crippen LogP contribution in [0.5, 0.6) is 0 Å². The van der Waals surface area contributed by atoms with Crippen LogP contribution < -0.4 is 5.73 Å². The monoisotopic (exact) mass is 315 g/mol. The van der Waals surface area contributed by atoms with Crippen LogP contribution >= 0.6 is 27.7 Å². The van der Waals surface area contributed by atoms with Crippen LogP contribution in [0.1, 0.15) is 33.3 Å². The highest BCUT2D eigenvalue weighted by Crippen LogP contribution is 2.34. The minimum Gasteiger partial charge on any atom is -0.328 e. The SMILES string of the molecule is CC(N)Cc1ccc(SC(C)C(C)C)c(Br)c1. The number of hydrogen-bond acceptors (Lipinski definition) is 2. The Balaban J connectivity index is 2.76. The smallest absolute Gasteiger partial charge is 0.0314 e. The molecule has 0 aliphatic heterocycles. The van der Waals surface area contributed by atoms with Crippen molar-refractivity contribution in [3.05, 3.63) is 28.2 Å². The number of rotatable bonds is 5. The summed E-state index contributed by atoms with van der Waals surface area (Å²) in [6, 6.07) is 6.79. The third-order valence-electron chi connectivity index (χ3n) is 2.81. The van der Waals surface area contributed by atoms with Crippen molar-refractivity contribution in [1.82, 2.24) is 0 Å². The van der Waals surface area contributed by atoms with E-state index in [9.17, 15) is 0 Å². The Morgan fingerprint density at radius 1 is 1.24 bits per heavy atom. The van der Waals surface area contributed by atoms with Gasteiger partial charge >= 0.3 is 0 Å². The van der Waals surface area contributed by atoms with Crippen LogP contribution in [0.3, 0.4) is 0 Å². The van der Waals surface area contributed by atoms with Gasteiger partial charge in [-0.1, -0.05) is 26.8 Å². The van der Waals surface area contributed by atoms with Crippen molar-refractivity contribution < 1.29 is 0 Å². The Labute approximate surface area is 118 Å². The lowest BCUT2D eigenvalue weighted by atomic mass is 10.1. The first kappa shape index (κ1) is 15.1. The molecule has 0 saturated heterocycles. The normalized spacial score (nSPS) is 15.0. The van der Waals surface area contributed by atoms with Crippen LogP contribution in [-0.4, -0.2) is 11.3 Å².